The number of rotatable bonds is 10. The molecule has 0 saturated heterocycles. The molecule has 0 spiro atoms. The summed E-state index contributed by atoms with van der Waals surface area (Å²) in [5, 5.41) is 3.38. The number of unbranched alkanes of at least 4 members (excludes halogenated alkanes) is 2. The third-order valence-corrected chi connectivity index (χ3v) is 2.70. The maximum Gasteiger partial charge on any atom is 0.0651 e. The average molecular weight is 247 g/mol. The molecule has 0 bridgehead atoms. The summed E-state index contributed by atoms with van der Waals surface area (Å²) in [5.41, 5.74) is 1.22. The summed E-state index contributed by atoms with van der Waals surface area (Å²) in [6.45, 7) is 5.75. The zero-order chi connectivity index (χ0) is 12.9. The van der Waals surface area contributed by atoms with Gasteiger partial charge in [0.1, 0.15) is 0 Å². The van der Waals surface area contributed by atoms with E-state index in [4.69, 9.17) is 4.74 Å². The monoisotopic (exact) mass is 247 g/mol. The fraction of sp³-hybridized carbons (Fsp3) is 0.500. The second-order valence-corrected chi connectivity index (χ2v) is 4.35. The third-order valence-electron chi connectivity index (χ3n) is 2.70. The Morgan fingerprint density at radius 2 is 1.94 bits per heavy atom. The molecule has 2 heteroatoms. The first-order valence-electron chi connectivity index (χ1n) is 6.93. The van der Waals surface area contributed by atoms with Gasteiger partial charge in [-0.25, -0.2) is 0 Å². The molecule has 0 heterocycles. The van der Waals surface area contributed by atoms with E-state index in [2.05, 4.69) is 36.5 Å². The Kier molecular flexibility index (Phi) is 9.13. The quantitative estimate of drug-likeness (QED) is 0.639. The molecule has 0 unspecified atom stereocenters. The minimum absolute atomic E-state index is 0.686. The summed E-state index contributed by atoms with van der Waals surface area (Å²) < 4.78 is 5.51. The van der Waals surface area contributed by atoms with Crippen molar-refractivity contribution in [1.82, 2.24) is 5.32 Å². The van der Waals surface area contributed by atoms with Crippen molar-refractivity contribution in [3.05, 3.63) is 42.0 Å². The summed E-state index contributed by atoms with van der Waals surface area (Å²) >= 11 is 0. The average Bonchev–Trinajstić information content (AvgIpc) is 2.42. The van der Waals surface area contributed by atoms with Crippen molar-refractivity contribution in [2.24, 2.45) is 0 Å². The van der Waals surface area contributed by atoms with Crippen LogP contribution in [0.5, 0.6) is 0 Å². The first-order valence-corrected chi connectivity index (χ1v) is 6.93. The van der Waals surface area contributed by atoms with E-state index in [1.807, 2.05) is 18.2 Å². The van der Waals surface area contributed by atoms with Crippen molar-refractivity contribution in [2.75, 3.05) is 26.3 Å². The highest BCUT2D eigenvalue weighted by molar-refractivity contribution is 5.48. The standard InChI is InChI=1S/C16H25NO/c1-2-3-7-12-17-13-15-18-14-8-11-16-9-5-4-6-10-16/h4-6,8-11,17H,2-3,7,12-15H2,1H3. The molecule has 1 rings (SSSR count). The van der Waals surface area contributed by atoms with Gasteiger partial charge in [0, 0.05) is 6.54 Å². The third kappa shape index (κ3) is 8.04. The number of nitrogens with one attached hydrogen (secondary N) is 1. The first kappa shape index (κ1) is 14.9. The Bertz CT molecular complexity index is 308. The minimum atomic E-state index is 0.686. The molecule has 0 saturated carbocycles. The van der Waals surface area contributed by atoms with Crippen molar-refractivity contribution < 1.29 is 4.74 Å². The molecule has 0 atom stereocenters. The molecule has 0 aliphatic heterocycles. The van der Waals surface area contributed by atoms with Crippen LogP contribution < -0.4 is 5.32 Å². The Morgan fingerprint density at radius 1 is 1.11 bits per heavy atom. The normalized spacial score (nSPS) is 11.2. The maximum absolute atomic E-state index is 5.51. The molecule has 0 amide bonds. The Balaban J connectivity index is 1.91. The van der Waals surface area contributed by atoms with E-state index in [1.165, 1.54) is 24.8 Å². The highest BCUT2D eigenvalue weighted by Gasteiger charge is 1.88. The minimum Gasteiger partial charge on any atom is -0.376 e. The van der Waals surface area contributed by atoms with Gasteiger partial charge in [0.2, 0.25) is 0 Å². The van der Waals surface area contributed by atoms with Crippen LogP contribution in [-0.2, 0) is 4.74 Å². The van der Waals surface area contributed by atoms with Gasteiger partial charge in [0.05, 0.1) is 13.2 Å². The van der Waals surface area contributed by atoms with Crippen LogP contribution in [0.1, 0.15) is 31.7 Å². The lowest BCUT2D eigenvalue weighted by Gasteiger charge is -2.04. The lowest BCUT2D eigenvalue weighted by Crippen LogP contribution is -2.20. The molecule has 0 radical (unpaired) electrons. The molecule has 18 heavy (non-hydrogen) atoms. The Hall–Kier alpha value is -1.12. The molecular formula is C16H25NO. The summed E-state index contributed by atoms with van der Waals surface area (Å²) in [6.07, 6.45) is 8.02. The molecule has 0 aliphatic carbocycles. The molecule has 0 aromatic heterocycles. The number of ether oxygens (including phenoxy) is 1. The van der Waals surface area contributed by atoms with Crippen LogP contribution in [0.2, 0.25) is 0 Å². The van der Waals surface area contributed by atoms with Crippen LogP contribution in [0.25, 0.3) is 6.08 Å². The van der Waals surface area contributed by atoms with Crippen LogP contribution in [0.4, 0.5) is 0 Å². The van der Waals surface area contributed by atoms with Crippen molar-refractivity contribution in [2.45, 2.75) is 26.2 Å². The number of benzene rings is 1. The van der Waals surface area contributed by atoms with Gasteiger partial charge >= 0.3 is 0 Å². The van der Waals surface area contributed by atoms with E-state index >= 15 is 0 Å². The molecule has 2 nitrogen and oxygen atoms in total. The topological polar surface area (TPSA) is 21.3 Å². The predicted molar refractivity (Wildman–Crippen MR) is 78.7 cm³/mol. The van der Waals surface area contributed by atoms with Gasteiger partial charge < -0.3 is 10.1 Å². The van der Waals surface area contributed by atoms with Crippen molar-refractivity contribution >= 4 is 6.08 Å². The summed E-state index contributed by atoms with van der Waals surface area (Å²) in [5.74, 6) is 0. The molecular weight excluding hydrogens is 222 g/mol. The van der Waals surface area contributed by atoms with Gasteiger partial charge in [-0.1, -0.05) is 62.2 Å². The maximum atomic E-state index is 5.51. The molecule has 1 aromatic carbocycles. The fourth-order valence-electron chi connectivity index (χ4n) is 1.67. The highest BCUT2D eigenvalue weighted by atomic mass is 16.5. The smallest absolute Gasteiger partial charge is 0.0651 e. The van der Waals surface area contributed by atoms with Gasteiger partial charge in [-0.3, -0.25) is 0 Å². The van der Waals surface area contributed by atoms with Gasteiger partial charge in [-0.15, -0.1) is 0 Å². The van der Waals surface area contributed by atoms with Crippen LogP contribution in [0.15, 0.2) is 36.4 Å². The second kappa shape index (κ2) is 11.0. The van der Waals surface area contributed by atoms with E-state index in [9.17, 15) is 0 Å². The van der Waals surface area contributed by atoms with E-state index < -0.39 is 0 Å². The number of hydrogen-bond donors (Lipinski definition) is 1. The van der Waals surface area contributed by atoms with Gasteiger partial charge in [0.25, 0.3) is 0 Å². The van der Waals surface area contributed by atoms with Crippen LogP contribution in [-0.4, -0.2) is 26.3 Å². The Labute approximate surface area is 111 Å². The van der Waals surface area contributed by atoms with Gasteiger partial charge in [0.15, 0.2) is 0 Å². The van der Waals surface area contributed by atoms with Crippen LogP contribution in [0.3, 0.4) is 0 Å². The highest BCUT2D eigenvalue weighted by Crippen LogP contribution is 2.00. The van der Waals surface area contributed by atoms with Crippen molar-refractivity contribution in [3.63, 3.8) is 0 Å². The lowest BCUT2D eigenvalue weighted by molar-refractivity contribution is 0.164. The molecule has 1 N–H and O–H groups in total. The van der Waals surface area contributed by atoms with E-state index in [1.54, 1.807) is 0 Å². The van der Waals surface area contributed by atoms with Crippen LogP contribution >= 0.6 is 0 Å². The summed E-state index contributed by atoms with van der Waals surface area (Å²) in [6, 6.07) is 10.3. The van der Waals surface area contributed by atoms with Gasteiger partial charge in [-0.2, -0.15) is 0 Å². The largest absolute Gasteiger partial charge is 0.376 e. The van der Waals surface area contributed by atoms with E-state index in [-0.39, 0.29) is 0 Å². The molecule has 1 aromatic rings. The molecule has 0 aliphatic rings. The summed E-state index contributed by atoms with van der Waals surface area (Å²) in [4.78, 5) is 0. The van der Waals surface area contributed by atoms with Crippen molar-refractivity contribution in [3.8, 4) is 0 Å². The van der Waals surface area contributed by atoms with Crippen LogP contribution in [0, 0.1) is 0 Å². The zero-order valence-electron chi connectivity index (χ0n) is 11.4. The second-order valence-electron chi connectivity index (χ2n) is 4.35. The van der Waals surface area contributed by atoms with E-state index in [0.29, 0.717) is 6.61 Å². The summed E-state index contributed by atoms with van der Waals surface area (Å²) in [7, 11) is 0. The molecule has 100 valence electrons. The Morgan fingerprint density at radius 3 is 2.72 bits per heavy atom. The zero-order valence-corrected chi connectivity index (χ0v) is 11.4. The number of hydrogen-bond acceptors (Lipinski definition) is 2. The first-order chi connectivity index (χ1) is 8.93. The van der Waals surface area contributed by atoms with Gasteiger partial charge in [-0.05, 0) is 18.5 Å². The lowest BCUT2D eigenvalue weighted by atomic mass is 10.2. The molecule has 0 fully saturated rings. The predicted octanol–water partition coefficient (Wildman–Crippen LogP) is 3.50. The SMILES string of the molecule is CCCCCNCCOCC=Cc1ccccc1. The van der Waals surface area contributed by atoms with Crippen molar-refractivity contribution in [1.29, 1.82) is 0 Å². The fourth-order valence-corrected chi connectivity index (χ4v) is 1.67. The van der Waals surface area contributed by atoms with E-state index in [0.717, 1.165) is 19.7 Å².